The molecule has 0 rings (SSSR count). The first kappa shape index (κ1) is 13.9. The van der Waals surface area contributed by atoms with Gasteiger partial charge in [-0.2, -0.15) is 0 Å². The smallest absolute Gasteiger partial charge is 0.326 e. The second kappa shape index (κ2) is 7.25. The van der Waals surface area contributed by atoms with Crippen LogP contribution in [-0.4, -0.2) is 42.0 Å². The van der Waals surface area contributed by atoms with E-state index in [0.29, 0.717) is 0 Å². The number of hydrogen-bond acceptors (Lipinski definition) is 4. The zero-order chi connectivity index (χ0) is 12.6. The first-order chi connectivity index (χ1) is 7.47. The molecule has 2 amide bonds. The van der Waals surface area contributed by atoms with Crippen molar-refractivity contribution in [2.45, 2.75) is 12.5 Å². The summed E-state index contributed by atoms with van der Waals surface area (Å²) >= 11 is 0. The second-order valence-electron chi connectivity index (χ2n) is 2.94. The van der Waals surface area contributed by atoms with Gasteiger partial charge in [0.05, 0.1) is 19.5 Å². The van der Waals surface area contributed by atoms with E-state index in [-0.39, 0.29) is 13.1 Å². The zero-order valence-electron chi connectivity index (χ0n) is 8.53. The first-order valence-electron chi connectivity index (χ1n) is 4.42. The molecule has 0 aliphatic carbocycles. The molecule has 7 heteroatoms. The van der Waals surface area contributed by atoms with Gasteiger partial charge in [0.15, 0.2) is 0 Å². The van der Waals surface area contributed by atoms with Crippen molar-refractivity contribution < 1.29 is 19.5 Å². The number of carboxylic acid groups (broad SMARTS) is 1. The molecule has 0 aliphatic rings. The van der Waals surface area contributed by atoms with E-state index in [1.807, 2.05) is 0 Å². The molecule has 0 spiro atoms. The third-order valence-corrected chi connectivity index (χ3v) is 1.55. The monoisotopic (exact) mass is 227 g/mol. The van der Waals surface area contributed by atoms with Crippen LogP contribution in [-0.2, 0) is 14.4 Å². The van der Waals surface area contributed by atoms with Gasteiger partial charge >= 0.3 is 5.97 Å². The van der Waals surface area contributed by atoms with Gasteiger partial charge in [0, 0.05) is 0 Å². The van der Waals surface area contributed by atoms with Crippen LogP contribution >= 0.6 is 0 Å². The number of aliphatic carboxylic acids is 1. The summed E-state index contributed by atoms with van der Waals surface area (Å²) in [4.78, 5) is 32.3. The van der Waals surface area contributed by atoms with Gasteiger partial charge in [0.2, 0.25) is 11.8 Å². The molecule has 0 saturated carbocycles. The summed E-state index contributed by atoms with van der Waals surface area (Å²) in [6, 6.07) is -1.31. The fourth-order valence-electron chi connectivity index (χ4n) is 0.895. The van der Waals surface area contributed by atoms with E-state index in [9.17, 15) is 14.4 Å². The third-order valence-electron chi connectivity index (χ3n) is 1.55. The van der Waals surface area contributed by atoms with E-state index in [4.69, 9.17) is 17.3 Å². The van der Waals surface area contributed by atoms with Crippen LogP contribution in [0.5, 0.6) is 0 Å². The molecule has 1 atom stereocenters. The number of carbonyl (C=O) groups excluding carboxylic acids is 2. The highest BCUT2D eigenvalue weighted by Crippen LogP contribution is 1.91. The number of terminal acetylenes is 1. The van der Waals surface area contributed by atoms with Crippen molar-refractivity contribution >= 4 is 17.8 Å². The number of nitrogens with one attached hydrogen (secondary N) is 2. The van der Waals surface area contributed by atoms with Crippen molar-refractivity contribution in [1.29, 1.82) is 0 Å². The summed E-state index contributed by atoms with van der Waals surface area (Å²) in [6.07, 6.45) is 4.48. The Balaban J connectivity index is 4.09. The molecule has 0 radical (unpaired) electrons. The van der Waals surface area contributed by atoms with Crippen molar-refractivity contribution in [1.82, 2.24) is 10.6 Å². The molecule has 0 aromatic carbocycles. The lowest BCUT2D eigenvalue weighted by Gasteiger charge is -2.12. The SMILES string of the molecule is C#CCNCC(=O)NC(CC(N)=O)C(=O)O. The van der Waals surface area contributed by atoms with Gasteiger partial charge in [-0.1, -0.05) is 5.92 Å². The van der Waals surface area contributed by atoms with Crippen LogP contribution < -0.4 is 16.4 Å². The average molecular weight is 227 g/mol. The van der Waals surface area contributed by atoms with Gasteiger partial charge in [0.1, 0.15) is 6.04 Å². The van der Waals surface area contributed by atoms with Crippen LogP contribution in [0.15, 0.2) is 0 Å². The molecule has 0 bridgehead atoms. The molecule has 5 N–H and O–H groups in total. The summed E-state index contributed by atoms with van der Waals surface area (Å²) in [5.74, 6) is -0.433. The van der Waals surface area contributed by atoms with Crippen LogP contribution in [0, 0.1) is 12.3 Å². The van der Waals surface area contributed by atoms with Gasteiger partial charge in [0.25, 0.3) is 0 Å². The van der Waals surface area contributed by atoms with E-state index in [1.165, 1.54) is 0 Å². The number of amides is 2. The first-order valence-corrected chi connectivity index (χ1v) is 4.42. The fraction of sp³-hybridized carbons (Fsp3) is 0.444. The van der Waals surface area contributed by atoms with E-state index in [2.05, 4.69) is 16.6 Å². The molecule has 0 aromatic rings. The fourth-order valence-corrected chi connectivity index (χ4v) is 0.895. The van der Waals surface area contributed by atoms with Crippen molar-refractivity contribution in [3.63, 3.8) is 0 Å². The summed E-state index contributed by atoms with van der Waals surface area (Å²) < 4.78 is 0. The van der Waals surface area contributed by atoms with Crippen molar-refractivity contribution in [3.8, 4) is 12.3 Å². The number of carbonyl (C=O) groups is 3. The van der Waals surface area contributed by atoms with Crippen LogP contribution in [0.3, 0.4) is 0 Å². The van der Waals surface area contributed by atoms with E-state index in [0.717, 1.165) is 0 Å². The van der Waals surface area contributed by atoms with Gasteiger partial charge in [-0.25, -0.2) is 4.79 Å². The van der Waals surface area contributed by atoms with Gasteiger partial charge in [-0.15, -0.1) is 6.42 Å². The normalized spacial score (nSPS) is 11.2. The van der Waals surface area contributed by atoms with Crippen LogP contribution in [0.1, 0.15) is 6.42 Å². The van der Waals surface area contributed by atoms with E-state index < -0.39 is 30.2 Å². The number of primary amides is 1. The Morgan fingerprint density at radius 2 is 2.06 bits per heavy atom. The largest absolute Gasteiger partial charge is 0.480 e. The number of rotatable bonds is 7. The minimum Gasteiger partial charge on any atom is -0.480 e. The molecule has 0 heterocycles. The Labute approximate surface area is 92.4 Å². The average Bonchev–Trinajstić information content (AvgIpc) is 2.16. The lowest BCUT2D eigenvalue weighted by Crippen LogP contribution is -2.46. The topological polar surface area (TPSA) is 122 Å². The van der Waals surface area contributed by atoms with E-state index in [1.54, 1.807) is 0 Å². The Bertz CT molecular complexity index is 321. The Morgan fingerprint density at radius 3 is 2.50 bits per heavy atom. The van der Waals surface area contributed by atoms with Gasteiger partial charge in [-0.05, 0) is 0 Å². The molecule has 0 aliphatic heterocycles. The lowest BCUT2D eigenvalue weighted by atomic mass is 10.2. The minimum atomic E-state index is -1.32. The molecule has 1 unspecified atom stereocenters. The van der Waals surface area contributed by atoms with Gasteiger partial charge in [-0.3, -0.25) is 14.9 Å². The molecular formula is C9H13N3O4. The molecule has 16 heavy (non-hydrogen) atoms. The summed E-state index contributed by atoms with van der Waals surface area (Å²) in [7, 11) is 0. The van der Waals surface area contributed by atoms with Crippen LogP contribution in [0.4, 0.5) is 0 Å². The summed E-state index contributed by atoms with van der Waals surface area (Å²) in [6.45, 7) is 0.0771. The van der Waals surface area contributed by atoms with Crippen LogP contribution in [0.2, 0.25) is 0 Å². The van der Waals surface area contributed by atoms with Crippen molar-refractivity contribution in [3.05, 3.63) is 0 Å². The van der Waals surface area contributed by atoms with Crippen LogP contribution in [0.25, 0.3) is 0 Å². The predicted octanol–water partition coefficient (Wildman–Crippen LogP) is -2.35. The minimum absolute atomic E-state index is 0.118. The zero-order valence-corrected chi connectivity index (χ0v) is 8.53. The molecular weight excluding hydrogens is 214 g/mol. The van der Waals surface area contributed by atoms with Crippen molar-refractivity contribution in [2.75, 3.05) is 13.1 Å². The van der Waals surface area contributed by atoms with Gasteiger partial charge < -0.3 is 16.2 Å². The lowest BCUT2D eigenvalue weighted by molar-refractivity contribution is -0.143. The van der Waals surface area contributed by atoms with E-state index >= 15 is 0 Å². The van der Waals surface area contributed by atoms with Crippen molar-refractivity contribution in [2.24, 2.45) is 5.73 Å². The number of hydrogen-bond donors (Lipinski definition) is 4. The molecule has 0 fully saturated rings. The Kier molecular flexibility index (Phi) is 6.31. The number of nitrogens with two attached hydrogens (primary N) is 1. The summed E-state index contributed by atoms with van der Waals surface area (Å²) in [5, 5.41) is 13.4. The highest BCUT2D eigenvalue weighted by Gasteiger charge is 2.21. The second-order valence-corrected chi connectivity index (χ2v) is 2.94. The molecule has 0 saturated heterocycles. The maximum absolute atomic E-state index is 11.2. The quantitative estimate of drug-likeness (QED) is 0.286. The molecule has 88 valence electrons. The highest BCUT2D eigenvalue weighted by molar-refractivity contribution is 5.88. The maximum Gasteiger partial charge on any atom is 0.326 e. The Morgan fingerprint density at radius 1 is 1.44 bits per heavy atom. The maximum atomic E-state index is 11.2. The number of carboxylic acids is 1. The third kappa shape index (κ3) is 6.39. The highest BCUT2D eigenvalue weighted by atomic mass is 16.4. The summed E-state index contributed by atoms with van der Waals surface area (Å²) in [5.41, 5.74) is 4.83. The standard InChI is InChI=1S/C9H13N3O4/c1-2-3-11-5-8(14)12-6(9(15)16)4-7(10)13/h1,6,11H,3-5H2,(H2,10,13)(H,12,14)(H,15,16). The molecule has 7 nitrogen and oxygen atoms in total. The molecule has 0 aromatic heterocycles. The predicted molar refractivity (Wildman–Crippen MR) is 55.1 cm³/mol. The Hall–Kier alpha value is -2.07.